The van der Waals surface area contributed by atoms with Crippen LogP contribution in [-0.2, 0) is 29.0 Å². The van der Waals surface area contributed by atoms with Gasteiger partial charge in [0.2, 0.25) is 5.88 Å². The molecule has 1 atom stereocenters. The van der Waals surface area contributed by atoms with E-state index in [4.69, 9.17) is 30.8 Å². The number of hydrogen-bond donors (Lipinski definition) is 0. The van der Waals surface area contributed by atoms with Crippen molar-refractivity contribution in [3.8, 4) is 17.1 Å². The lowest BCUT2D eigenvalue weighted by molar-refractivity contribution is -0.0589. The van der Waals surface area contributed by atoms with E-state index >= 15 is 4.39 Å². The van der Waals surface area contributed by atoms with Gasteiger partial charge in [-0.15, -0.1) is 0 Å². The van der Waals surface area contributed by atoms with Crippen molar-refractivity contribution < 1.29 is 27.8 Å². The average molecular weight is 590 g/mol. The Labute approximate surface area is 245 Å². The molecule has 1 aliphatic heterocycles. The maximum Gasteiger partial charge on any atom is 0.337 e. The molecule has 0 N–H and O–H groups in total. The van der Waals surface area contributed by atoms with Gasteiger partial charge in [-0.2, -0.15) is 0 Å². The summed E-state index contributed by atoms with van der Waals surface area (Å²) in [5, 5.41) is 0.299. The highest BCUT2D eigenvalue weighted by Crippen LogP contribution is 2.28. The number of pyridine rings is 1. The second-order valence-electron chi connectivity index (χ2n) is 9.99. The highest BCUT2D eigenvalue weighted by atomic mass is 35.5. The number of halogens is 3. The minimum atomic E-state index is -0.474. The Hall–Kier alpha value is -4.34. The molecule has 10 heteroatoms. The minimum absolute atomic E-state index is 0.0467. The lowest BCUT2D eigenvalue weighted by atomic mass is 10.1. The molecule has 214 valence electrons. The van der Waals surface area contributed by atoms with Crippen LogP contribution in [0.15, 0.2) is 72.8 Å². The first-order valence-electron chi connectivity index (χ1n) is 13.4. The monoisotopic (exact) mass is 589 g/mol. The molecule has 6 rings (SSSR count). The van der Waals surface area contributed by atoms with Gasteiger partial charge >= 0.3 is 5.97 Å². The Kier molecular flexibility index (Phi) is 7.86. The molecule has 3 aromatic carbocycles. The molecular formula is C32H26ClF2N3O4. The summed E-state index contributed by atoms with van der Waals surface area (Å²) in [6.45, 7) is 1.24. The van der Waals surface area contributed by atoms with E-state index in [1.165, 1.54) is 19.2 Å². The van der Waals surface area contributed by atoms with Crippen molar-refractivity contribution in [2.45, 2.75) is 32.1 Å². The van der Waals surface area contributed by atoms with Gasteiger partial charge in [-0.25, -0.2) is 23.5 Å². The Balaban J connectivity index is 1.24. The van der Waals surface area contributed by atoms with Crippen LogP contribution in [0, 0.1) is 11.6 Å². The molecule has 5 aromatic rings. The van der Waals surface area contributed by atoms with Crippen molar-refractivity contribution in [2.75, 3.05) is 13.7 Å². The number of imidazole rings is 1. The van der Waals surface area contributed by atoms with E-state index < -0.39 is 17.6 Å². The fraction of sp³-hybridized carbons (Fsp3) is 0.219. The minimum Gasteiger partial charge on any atom is -0.473 e. The van der Waals surface area contributed by atoms with Gasteiger partial charge in [0.25, 0.3) is 0 Å². The number of aromatic nitrogens is 3. The highest BCUT2D eigenvalue weighted by Gasteiger charge is 2.23. The topological polar surface area (TPSA) is 75.5 Å². The molecule has 0 aliphatic carbocycles. The summed E-state index contributed by atoms with van der Waals surface area (Å²) in [5.41, 5.74) is 3.70. The molecule has 1 fully saturated rings. The van der Waals surface area contributed by atoms with Crippen LogP contribution >= 0.6 is 11.6 Å². The summed E-state index contributed by atoms with van der Waals surface area (Å²) in [7, 11) is 1.34. The van der Waals surface area contributed by atoms with Gasteiger partial charge in [0.15, 0.2) is 0 Å². The molecule has 0 amide bonds. The fourth-order valence-corrected chi connectivity index (χ4v) is 5.04. The Bertz CT molecular complexity index is 1790. The molecule has 1 saturated heterocycles. The van der Waals surface area contributed by atoms with Gasteiger partial charge in [-0.05, 0) is 60.5 Å². The number of ether oxygens (including phenoxy) is 3. The van der Waals surface area contributed by atoms with Crippen molar-refractivity contribution in [3.05, 3.63) is 112 Å². The standard InChI is InChI=1S/C32H26ClF2N3O4/c1-40-32(39)20-7-10-28-29(15-20)38(17-23-11-12-41-23)30(36-28)14-19-5-9-24(26(35)13-19)27-3-2-4-31(37-27)42-18-21-6-8-22(33)16-25(21)34/h2-10,13,15-16,23H,11-12,14,17-18H2,1H3/t23-/m0/s1. The molecule has 0 saturated carbocycles. The van der Waals surface area contributed by atoms with Crippen LogP contribution in [0.25, 0.3) is 22.3 Å². The predicted molar refractivity (Wildman–Crippen MR) is 154 cm³/mol. The van der Waals surface area contributed by atoms with Crippen LogP contribution in [0.5, 0.6) is 5.88 Å². The van der Waals surface area contributed by atoms with Crippen molar-refractivity contribution in [1.82, 2.24) is 14.5 Å². The van der Waals surface area contributed by atoms with Gasteiger partial charge in [-0.3, -0.25) is 0 Å². The number of rotatable bonds is 9. The van der Waals surface area contributed by atoms with E-state index in [1.54, 1.807) is 54.6 Å². The summed E-state index contributed by atoms with van der Waals surface area (Å²) in [6, 6.07) is 19.6. The van der Waals surface area contributed by atoms with Crippen molar-refractivity contribution in [1.29, 1.82) is 0 Å². The van der Waals surface area contributed by atoms with Gasteiger partial charge in [0.05, 0.1) is 42.0 Å². The number of nitrogens with zero attached hydrogens (tertiary/aromatic N) is 3. The van der Waals surface area contributed by atoms with E-state index in [0.29, 0.717) is 47.0 Å². The maximum absolute atomic E-state index is 15.4. The quantitative estimate of drug-likeness (QED) is 0.177. The normalized spacial score (nSPS) is 14.5. The molecule has 0 unspecified atom stereocenters. The molecule has 0 radical (unpaired) electrons. The number of methoxy groups -OCH3 is 1. The summed E-state index contributed by atoms with van der Waals surface area (Å²) in [4.78, 5) is 21.4. The third kappa shape index (κ3) is 5.84. The Morgan fingerprint density at radius 2 is 1.90 bits per heavy atom. The second-order valence-corrected chi connectivity index (χ2v) is 10.4. The third-order valence-corrected chi connectivity index (χ3v) is 7.45. The lowest BCUT2D eigenvalue weighted by Crippen LogP contribution is -2.31. The molecular weight excluding hydrogens is 564 g/mol. The first kappa shape index (κ1) is 27.8. The number of carbonyl (C=O) groups excluding carboxylic acids is 1. The zero-order chi connectivity index (χ0) is 29.2. The first-order chi connectivity index (χ1) is 20.4. The van der Waals surface area contributed by atoms with Gasteiger partial charge in [-0.1, -0.05) is 29.8 Å². The van der Waals surface area contributed by atoms with E-state index in [1.807, 2.05) is 10.6 Å². The summed E-state index contributed by atoms with van der Waals surface area (Å²) in [6.07, 6.45) is 1.36. The Morgan fingerprint density at radius 1 is 1.05 bits per heavy atom. The Morgan fingerprint density at radius 3 is 2.64 bits per heavy atom. The highest BCUT2D eigenvalue weighted by molar-refractivity contribution is 6.30. The average Bonchev–Trinajstić information content (AvgIpc) is 3.30. The second kappa shape index (κ2) is 11.9. The summed E-state index contributed by atoms with van der Waals surface area (Å²) < 4.78 is 47.8. The zero-order valence-corrected chi connectivity index (χ0v) is 23.4. The summed E-state index contributed by atoms with van der Waals surface area (Å²) in [5.74, 6) is -0.373. The van der Waals surface area contributed by atoms with Crippen LogP contribution in [-0.4, -0.2) is 40.3 Å². The fourth-order valence-electron chi connectivity index (χ4n) is 4.88. The molecule has 1 aliphatic rings. The number of fused-ring (bicyclic) bond motifs is 1. The predicted octanol–water partition coefficient (Wildman–Crippen LogP) is 6.78. The first-order valence-corrected chi connectivity index (χ1v) is 13.8. The van der Waals surface area contributed by atoms with Gasteiger partial charge in [0.1, 0.15) is 24.1 Å². The lowest BCUT2D eigenvalue weighted by Gasteiger charge is -2.27. The van der Waals surface area contributed by atoms with E-state index in [0.717, 1.165) is 28.8 Å². The molecule has 0 spiro atoms. The third-order valence-electron chi connectivity index (χ3n) is 7.21. The van der Waals surface area contributed by atoms with Gasteiger partial charge in [0, 0.05) is 35.2 Å². The van der Waals surface area contributed by atoms with E-state index in [2.05, 4.69) is 4.98 Å². The molecule has 3 heterocycles. The van der Waals surface area contributed by atoms with Crippen LogP contribution in [0.2, 0.25) is 5.02 Å². The number of esters is 1. The van der Waals surface area contributed by atoms with Crippen LogP contribution in [0.4, 0.5) is 8.78 Å². The van der Waals surface area contributed by atoms with Gasteiger partial charge < -0.3 is 18.8 Å². The summed E-state index contributed by atoms with van der Waals surface area (Å²) >= 11 is 5.82. The maximum atomic E-state index is 15.4. The largest absolute Gasteiger partial charge is 0.473 e. The SMILES string of the molecule is COC(=O)c1ccc2nc(Cc3ccc(-c4cccc(OCc5ccc(Cl)cc5F)n4)c(F)c3)n(C[C@@H]3CCO3)c2c1. The van der Waals surface area contributed by atoms with Crippen LogP contribution < -0.4 is 4.74 Å². The van der Waals surface area contributed by atoms with Crippen molar-refractivity contribution in [3.63, 3.8) is 0 Å². The number of benzene rings is 3. The van der Waals surface area contributed by atoms with Crippen molar-refractivity contribution in [2.24, 2.45) is 0 Å². The van der Waals surface area contributed by atoms with E-state index in [9.17, 15) is 9.18 Å². The van der Waals surface area contributed by atoms with Crippen LogP contribution in [0.1, 0.15) is 33.7 Å². The smallest absolute Gasteiger partial charge is 0.337 e. The number of carbonyl (C=O) groups is 1. The zero-order valence-electron chi connectivity index (χ0n) is 22.6. The molecule has 42 heavy (non-hydrogen) atoms. The number of hydrogen-bond acceptors (Lipinski definition) is 6. The molecule has 7 nitrogen and oxygen atoms in total. The molecule has 0 bridgehead atoms. The van der Waals surface area contributed by atoms with Crippen molar-refractivity contribution >= 4 is 28.6 Å². The molecule has 2 aromatic heterocycles. The van der Waals surface area contributed by atoms with Crippen LogP contribution in [0.3, 0.4) is 0 Å². The van der Waals surface area contributed by atoms with E-state index in [-0.39, 0.29) is 18.6 Å².